The number of hydrogen-bond acceptors (Lipinski definition) is 8. The van der Waals surface area contributed by atoms with E-state index in [-0.39, 0.29) is 11.9 Å². The number of anilines is 2. The fourth-order valence-electron chi connectivity index (χ4n) is 6.43. The van der Waals surface area contributed by atoms with E-state index < -0.39 is 6.09 Å². The van der Waals surface area contributed by atoms with E-state index in [2.05, 4.69) is 37.5 Å². The first kappa shape index (κ1) is 33.2. The van der Waals surface area contributed by atoms with Crippen LogP contribution < -0.4 is 15.5 Å². The summed E-state index contributed by atoms with van der Waals surface area (Å²) in [6, 6.07) is 33.1. The number of likely N-dealkylation sites (tertiary alicyclic amines) is 1. The van der Waals surface area contributed by atoms with E-state index in [4.69, 9.17) is 4.74 Å². The number of carbonyl (C=O) groups excluding carboxylic acids is 2. The lowest BCUT2D eigenvalue weighted by Crippen LogP contribution is -2.45. The third-order valence-corrected chi connectivity index (χ3v) is 9.22. The van der Waals surface area contributed by atoms with E-state index in [1.54, 1.807) is 12.1 Å². The molecule has 0 aliphatic carbocycles. The minimum Gasteiger partial charge on any atom is -0.508 e. The van der Waals surface area contributed by atoms with E-state index >= 15 is 0 Å². The molecule has 2 saturated heterocycles. The summed E-state index contributed by atoms with van der Waals surface area (Å²) >= 11 is 0. The molecule has 0 spiro atoms. The molecule has 0 unspecified atom stereocenters. The predicted molar refractivity (Wildman–Crippen MR) is 191 cm³/mol. The number of aromatic hydroxyl groups is 1. The number of hydrogen-bond donors (Lipinski definition) is 3. The topological polar surface area (TPSA) is 97.4 Å². The van der Waals surface area contributed by atoms with Gasteiger partial charge in [0.05, 0.1) is 12.2 Å². The molecule has 2 heterocycles. The lowest BCUT2D eigenvalue weighted by atomic mass is 10.0. The summed E-state index contributed by atoms with van der Waals surface area (Å²) in [7, 11) is 0. The second-order valence-electron chi connectivity index (χ2n) is 12.6. The van der Waals surface area contributed by atoms with E-state index in [9.17, 15) is 14.7 Å². The van der Waals surface area contributed by atoms with Crippen LogP contribution in [0.1, 0.15) is 28.8 Å². The lowest BCUT2D eigenvalue weighted by molar-refractivity contribution is 0.0593. The largest absolute Gasteiger partial charge is 0.508 e. The highest BCUT2D eigenvalue weighted by molar-refractivity contribution is 5.97. The van der Waals surface area contributed by atoms with Gasteiger partial charge in [-0.3, -0.25) is 15.0 Å². The molecule has 0 bridgehead atoms. The Hall–Kier alpha value is -4.70. The van der Waals surface area contributed by atoms with Crippen LogP contribution >= 0.6 is 0 Å². The van der Waals surface area contributed by atoms with Crippen molar-refractivity contribution in [3.63, 3.8) is 0 Å². The number of carbonyl (C=O) groups is 2. The van der Waals surface area contributed by atoms with Crippen LogP contribution in [0.5, 0.6) is 5.75 Å². The number of phenols is 1. The summed E-state index contributed by atoms with van der Waals surface area (Å²) in [4.78, 5) is 32.6. The minimum atomic E-state index is -0.421. The minimum absolute atomic E-state index is 0.0935. The van der Waals surface area contributed by atoms with Crippen LogP contribution in [0.3, 0.4) is 0 Å². The predicted octanol–water partition coefficient (Wildman–Crippen LogP) is 5.87. The first-order valence-corrected chi connectivity index (χ1v) is 16.9. The maximum Gasteiger partial charge on any atom is 0.411 e. The number of phenolic OH excluding ortho intramolecular Hbond substituents is 1. The Labute approximate surface area is 283 Å². The van der Waals surface area contributed by atoms with Crippen molar-refractivity contribution in [2.24, 2.45) is 0 Å². The molecule has 250 valence electrons. The van der Waals surface area contributed by atoms with Crippen LogP contribution in [-0.2, 0) is 11.3 Å². The first-order valence-electron chi connectivity index (χ1n) is 16.9. The Morgan fingerprint density at radius 2 is 1.44 bits per heavy atom. The summed E-state index contributed by atoms with van der Waals surface area (Å²) in [5, 5.41) is 15.8. The van der Waals surface area contributed by atoms with Gasteiger partial charge in [0.1, 0.15) is 11.9 Å². The quantitative estimate of drug-likeness (QED) is 0.130. The van der Waals surface area contributed by atoms with Crippen LogP contribution in [0.4, 0.5) is 16.2 Å². The number of ether oxygens (including phenoxy) is 1. The van der Waals surface area contributed by atoms with Crippen molar-refractivity contribution in [3.05, 3.63) is 114 Å². The molecule has 0 aromatic heterocycles. The Balaban J connectivity index is 0.849. The standard InChI is InChI=1S/C39H45N5O4/c45-34-16-14-33(15-17-34)44-26-24-43(25-27-44)29-30-10-12-32(13-11-30)38(46)28-40-20-23-42-21-18-35(19-22-42)48-39(47)41-37-9-5-4-8-36(37)31-6-2-1-3-7-31/h1-17,35,40,45H,18-29H2,(H,41,47). The fraction of sp³-hybridized carbons (Fsp3) is 0.333. The number of piperidine rings is 1. The molecule has 0 saturated carbocycles. The number of nitrogens with one attached hydrogen (secondary N) is 2. The molecular formula is C39H45N5O4. The monoisotopic (exact) mass is 647 g/mol. The molecule has 48 heavy (non-hydrogen) atoms. The van der Waals surface area contributed by atoms with Crippen molar-refractivity contribution in [3.8, 4) is 16.9 Å². The van der Waals surface area contributed by atoms with Crippen molar-refractivity contribution in [1.29, 1.82) is 0 Å². The third-order valence-electron chi connectivity index (χ3n) is 9.22. The van der Waals surface area contributed by atoms with E-state index in [0.29, 0.717) is 12.3 Å². The zero-order valence-corrected chi connectivity index (χ0v) is 27.4. The van der Waals surface area contributed by atoms with Gasteiger partial charge in [-0.15, -0.1) is 0 Å². The Morgan fingerprint density at radius 3 is 2.17 bits per heavy atom. The number of piperazine rings is 1. The number of ketones is 1. The van der Waals surface area contributed by atoms with E-state index in [1.807, 2.05) is 78.9 Å². The Morgan fingerprint density at radius 1 is 0.750 bits per heavy atom. The number of rotatable bonds is 12. The molecule has 9 heteroatoms. The average molecular weight is 648 g/mol. The van der Waals surface area contributed by atoms with Crippen molar-refractivity contribution in [1.82, 2.24) is 15.1 Å². The number of Topliss-reactive ketones (excluding diaryl/α,β-unsaturated/α-hetero) is 1. The normalized spacial score (nSPS) is 16.0. The molecule has 3 N–H and O–H groups in total. The number of benzene rings is 4. The maximum absolute atomic E-state index is 12.8. The van der Waals surface area contributed by atoms with Gasteiger partial charge in [-0.1, -0.05) is 72.8 Å². The molecule has 4 aromatic rings. The Bertz CT molecular complexity index is 1610. The smallest absolute Gasteiger partial charge is 0.411 e. The van der Waals surface area contributed by atoms with Crippen LogP contribution in [0, 0.1) is 0 Å². The van der Waals surface area contributed by atoms with E-state index in [1.165, 1.54) is 5.56 Å². The molecule has 2 fully saturated rings. The van der Waals surface area contributed by atoms with Crippen molar-refractivity contribution in [2.45, 2.75) is 25.5 Å². The Kier molecular flexibility index (Phi) is 11.4. The van der Waals surface area contributed by atoms with Gasteiger partial charge in [-0.2, -0.15) is 0 Å². The number of para-hydroxylation sites is 1. The lowest BCUT2D eigenvalue weighted by Gasteiger charge is -2.36. The van der Waals surface area contributed by atoms with Gasteiger partial charge < -0.3 is 25.0 Å². The van der Waals surface area contributed by atoms with Gasteiger partial charge in [0.15, 0.2) is 5.78 Å². The van der Waals surface area contributed by atoms with Crippen molar-refractivity contribution in [2.75, 3.05) is 69.1 Å². The summed E-state index contributed by atoms with van der Waals surface area (Å²) in [6.07, 6.45) is 1.04. The van der Waals surface area contributed by atoms with Gasteiger partial charge in [0.2, 0.25) is 0 Å². The van der Waals surface area contributed by atoms with Gasteiger partial charge in [-0.05, 0) is 54.3 Å². The number of nitrogens with zero attached hydrogens (tertiary/aromatic N) is 3. The van der Waals surface area contributed by atoms with Crippen LogP contribution in [0.2, 0.25) is 0 Å². The summed E-state index contributed by atoms with van der Waals surface area (Å²) in [6.45, 7) is 8.27. The third kappa shape index (κ3) is 9.22. The fourth-order valence-corrected chi connectivity index (χ4v) is 6.43. The summed E-state index contributed by atoms with van der Waals surface area (Å²) < 4.78 is 5.77. The highest BCUT2D eigenvalue weighted by Gasteiger charge is 2.23. The van der Waals surface area contributed by atoms with Crippen LogP contribution in [0.15, 0.2) is 103 Å². The van der Waals surface area contributed by atoms with Gasteiger partial charge >= 0.3 is 6.09 Å². The molecule has 4 aromatic carbocycles. The molecule has 9 nitrogen and oxygen atoms in total. The van der Waals surface area contributed by atoms with Crippen molar-refractivity contribution >= 4 is 23.3 Å². The zero-order chi connectivity index (χ0) is 33.1. The first-order chi connectivity index (χ1) is 23.5. The van der Waals surface area contributed by atoms with Gasteiger partial charge in [-0.25, -0.2) is 4.79 Å². The highest BCUT2D eigenvalue weighted by atomic mass is 16.6. The second kappa shape index (κ2) is 16.4. The van der Waals surface area contributed by atoms with Crippen LogP contribution in [0.25, 0.3) is 11.1 Å². The second-order valence-corrected chi connectivity index (χ2v) is 12.6. The molecule has 0 atom stereocenters. The summed E-state index contributed by atoms with van der Waals surface area (Å²) in [5.41, 5.74) is 5.81. The average Bonchev–Trinajstić information content (AvgIpc) is 3.12. The SMILES string of the molecule is O=C(Nc1ccccc1-c1ccccc1)OC1CCN(CCNCC(=O)c2ccc(CN3CCN(c4ccc(O)cc4)CC3)cc2)CC1. The number of amides is 1. The molecular weight excluding hydrogens is 602 g/mol. The molecule has 2 aliphatic rings. The van der Waals surface area contributed by atoms with Crippen molar-refractivity contribution < 1.29 is 19.4 Å². The molecule has 1 amide bonds. The molecule has 6 rings (SSSR count). The van der Waals surface area contributed by atoms with Gasteiger partial charge in [0.25, 0.3) is 0 Å². The maximum atomic E-state index is 12.8. The van der Waals surface area contributed by atoms with E-state index in [0.717, 1.165) is 99.8 Å². The highest BCUT2D eigenvalue weighted by Crippen LogP contribution is 2.28. The van der Waals surface area contributed by atoms with Gasteiger partial charge in [0, 0.05) is 75.7 Å². The molecule has 2 aliphatic heterocycles. The summed E-state index contributed by atoms with van der Waals surface area (Å²) in [5.74, 6) is 0.385. The zero-order valence-electron chi connectivity index (χ0n) is 27.4. The molecule has 0 radical (unpaired) electrons. The van der Waals surface area contributed by atoms with Crippen LogP contribution in [-0.4, -0.2) is 91.8 Å².